The van der Waals surface area contributed by atoms with Crippen LogP contribution in [0.3, 0.4) is 0 Å². The van der Waals surface area contributed by atoms with E-state index in [1.165, 1.54) is 5.56 Å². The lowest BCUT2D eigenvalue weighted by Gasteiger charge is -2.30. The highest BCUT2D eigenvalue weighted by Crippen LogP contribution is 2.30. The summed E-state index contributed by atoms with van der Waals surface area (Å²) >= 11 is 0. The van der Waals surface area contributed by atoms with Gasteiger partial charge in [-0.15, -0.1) is 0 Å². The van der Waals surface area contributed by atoms with E-state index in [2.05, 4.69) is 42.2 Å². The zero-order chi connectivity index (χ0) is 20.9. The van der Waals surface area contributed by atoms with E-state index >= 15 is 0 Å². The van der Waals surface area contributed by atoms with E-state index in [1.807, 2.05) is 18.2 Å². The number of ether oxygens (including phenoxy) is 1. The van der Waals surface area contributed by atoms with Gasteiger partial charge in [0.25, 0.3) is 0 Å². The summed E-state index contributed by atoms with van der Waals surface area (Å²) in [6.07, 6.45) is 3.64. The Kier molecular flexibility index (Phi) is 6.38. The van der Waals surface area contributed by atoms with Crippen LogP contribution in [0, 0.1) is 5.92 Å². The smallest absolute Gasteiger partial charge is 0.306 e. The third-order valence-corrected chi connectivity index (χ3v) is 5.84. The van der Waals surface area contributed by atoms with E-state index in [9.17, 15) is 4.79 Å². The Hall–Kier alpha value is -2.79. The van der Waals surface area contributed by atoms with Crippen molar-refractivity contribution < 1.29 is 19.1 Å². The number of hydrogen-bond donors (Lipinski definition) is 1. The fourth-order valence-electron chi connectivity index (χ4n) is 3.96. The summed E-state index contributed by atoms with van der Waals surface area (Å²) in [5.74, 6) is 0.883. The van der Waals surface area contributed by atoms with Gasteiger partial charge >= 0.3 is 5.97 Å². The normalized spacial score (nSPS) is 15.5. The first-order valence-electron chi connectivity index (χ1n) is 10.8. The highest BCUT2D eigenvalue weighted by Gasteiger charge is 2.24. The quantitative estimate of drug-likeness (QED) is 0.494. The predicted molar refractivity (Wildman–Crippen MR) is 118 cm³/mol. The van der Waals surface area contributed by atoms with E-state index in [-0.39, 0.29) is 5.92 Å². The van der Waals surface area contributed by atoms with Crippen molar-refractivity contribution in [2.24, 2.45) is 5.92 Å². The van der Waals surface area contributed by atoms with Crippen molar-refractivity contribution in [1.29, 1.82) is 0 Å². The van der Waals surface area contributed by atoms with Gasteiger partial charge in [-0.2, -0.15) is 0 Å². The van der Waals surface area contributed by atoms with Crippen LogP contribution in [-0.2, 0) is 11.3 Å². The molecule has 1 aromatic heterocycles. The van der Waals surface area contributed by atoms with Gasteiger partial charge in [0.15, 0.2) is 0 Å². The number of carboxylic acid groups (broad SMARTS) is 1. The first-order chi connectivity index (χ1) is 14.6. The van der Waals surface area contributed by atoms with E-state index in [0.29, 0.717) is 0 Å². The second-order valence-electron chi connectivity index (χ2n) is 8.10. The van der Waals surface area contributed by atoms with Crippen LogP contribution in [0.4, 0.5) is 0 Å². The molecule has 0 aliphatic carbocycles. The van der Waals surface area contributed by atoms with Crippen LogP contribution in [0.25, 0.3) is 22.3 Å². The Morgan fingerprint density at radius 3 is 2.60 bits per heavy atom. The Balaban J connectivity index is 1.40. The van der Waals surface area contributed by atoms with Gasteiger partial charge in [0.05, 0.1) is 12.5 Å². The number of benzene rings is 2. The van der Waals surface area contributed by atoms with Gasteiger partial charge in [-0.05, 0) is 62.2 Å². The molecule has 1 saturated heterocycles. The maximum atomic E-state index is 11.1. The van der Waals surface area contributed by atoms with Crippen molar-refractivity contribution in [2.45, 2.75) is 39.2 Å². The molecular formula is C25H29NO4. The van der Waals surface area contributed by atoms with Crippen molar-refractivity contribution in [3.63, 3.8) is 0 Å². The van der Waals surface area contributed by atoms with Gasteiger partial charge in [0, 0.05) is 17.5 Å². The van der Waals surface area contributed by atoms with Gasteiger partial charge in [0.1, 0.15) is 17.1 Å². The molecule has 0 atom stereocenters. The molecule has 3 aromatic rings. The highest BCUT2D eigenvalue weighted by atomic mass is 16.5. The zero-order valence-corrected chi connectivity index (χ0v) is 17.5. The Labute approximate surface area is 177 Å². The van der Waals surface area contributed by atoms with E-state index < -0.39 is 5.97 Å². The molecule has 0 bridgehead atoms. The van der Waals surface area contributed by atoms with Gasteiger partial charge in [0.2, 0.25) is 0 Å². The summed E-state index contributed by atoms with van der Waals surface area (Å²) in [5, 5.41) is 10.2. The summed E-state index contributed by atoms with van der Waals surface area (Å²) in [6.45, 7) is 5.42. The Morgan fingerprint density at radius 2 is 1.90 bits per heavy atom. The van der Waals surface area contributed by atoms with Crippen molar-refractivity contribution in [2.75, 3.05) is 19.7 Å². The van der Waals surface area contributed by atoms with Crippen LogP contribution < -0.4 is 4.74 Å². The minimum Gasteiger partial charge on any atom is -0.494 e. The number of carbonyl (C=O) groups is 1. The summed E-state index contributed by atoms with van der Waals surface area (Å²) < 4.78 is 11.8. The van der Waals surface area contributed by atoms with Crippen LogP contribution in [0.15, 0.2) is 52.9 Å². The van der Waals surface area contributed by atoms with E-state index in [0.717, 1.165) is 80.0 Å². The maximum absolute atomic E-state index is 11.1. The molecule has 5 heteroatoms. The minimum absolute atomic E-state index is 0.186. The second kappa shape index (κ2) is 9.35. The molecule has 158 valence electrons. The zero-order valence-electron chi connectivity index (χ0n) is 17.5. The molecule has 1 aliphatic heterocycles. The largest absolute Gasteiger partial charge is 0.494 e. The standard InChI is InChI=1S/C25H29NO4/c1-2-3-14-29-22-8-9-23-21(15-22)16-24(30-23)19-6-4-18(5-7-19)17-26-12-10-20(11-13-26)25(27)28/h4-9,15-16,20H,2-3,10-14,17H2,1H3,(H,27,28). The van der Waals surface area contributed by atoms with Crippen LogP contribution in [0.1, 0.15) is 38.2 Å². The second-order valence-corrected chi connectivity index (χ2v) is 8.10. The number of hydrogen-bond acceptors (Lipinski definition) is 4. The molecule has 2 aromatic carbocycles. The molecule has 1 aliphatic rings. The van der Waals surface area contributed by atoms with Gasteiger partial charge < -0.3 is 14.3 Å². The monoisotopic (exact) mass is 407 g/mol. The van der Waals surface area contributed by atoms with Gasteiger partial charge in [-0.3, -0.25) is 9.69 Å². The fraction of sp³-hybridized carbons (Fsp3) is 0.400. The summed E-state index contributed by atoms with van der Waals surface area (Å²) in [7, 11) is 0. The number of nitrogens with zero attached hydrogens (tertiary/aromatic N) is 1. The maximum Gasteiger partial charge on any atom is 0.306 e. The number of unbranched alkanes of at least 4 members (excludes halogenated alkanes) is 1. The first kappa shape index (κ1) is 20.5. The molecule has 0 unspecified atom stereocenters. The SMILES string of the molecule is CCCCOc1ccc2oc(-c3ccc(CN4CCC(C(=O)O)CC4)cc3)cc2c1. The summed E-state index contributed by atoms with van der Waals surface area (Å²) in [6, 6.07) is 16.5. The molecule has 0 amide bonds. The van der Waals surface area contributed by atoms with Crippen molar-refractivity contribution in [3.8, 4) is 17.1 Å². The predicted octanol–water partition coefficient (Wildman–Crippen LogP) is 5.58. The Bertz CT molecular complexity index is 984. The minimum atomic E-state index is -0.663. The molecule has 0 spiro atoms. The van der Waals surface area contributed by atoms with Gasteiger partial charge in [-0.1, -0.05) is 37.6 Å². The number of carboxylic acids is 1. The lowest BCUT2D eigenvalue weighted by Crippen LogP contribution is -2.35. The van der Waals surface area contributed by atoms with Crippen molar-refractivity contribution in [1.82, 2.24) is 4.90 Å². The van der Waals surface area contributed by atoms with E-state index in [1.54, 1.807) is 0 Å². The topological polar surface area (TPSA) is 62.9 Å². The number of rotatable bonds is 8. The molecule has 0 radical (unpaired) electrons. The third kappa shape index (κ3) is 4.85. The summed E-state index contributed by atoms with van der Waals surface area (Å²) in [4.78, 5) is 13.4. The van der Waals surface area contributed by atoms with E-state index in [4.69, 9.17) is 14.3 Å². The lowest BCUT2D eigenvalue weighted by molar-refractivity contribution is -0.143. The number of aliphatic carboxylic acids is 1. The molecule has 0 saturated carbocycles. The van der Waals surface area contributed by atoms with Crippen LogP contribution in [0.5, 0.6) is 5.75 Å². The van der Waals surface area contributed by atoms with Crippen molar-refractivity contribution >= 4 is 16.9 Å². The van der Waals surface area contributed by atoms with Gasteiger partial charge in [-0.25, -0.2) is 0 Å². The number of fused-ring (bicyclic) bond motifs is 1. The summed E-state index contributed by atoms with van der Waals surface area (Å²) in [5.41, 5.74) is 3.14. The molecule has 30 heavy (non-hydrogen) atoms. The number of piperidine rings is 1. The molecule has 2 heterocycles. The average Bonchev–Trinajstić information content (AvgIpc) is 3.18. The molecule has 1 N–H and O–H groups in total. The van der Waals surface area contributed by atoms with Crippen molar-refractivity contribution in [3.05, 3.63) is 54.1 Å². The number of likely N-dealkylation sites (tertiary alicyclic amines) is 1. The fourth-order valence-corrected chi connectivity index (χ4v) is 3.96. The molecule has 5 nitrogen and oxygen atoms in total. The first-order valence-corrected chi connectivity index (χ1v) is 10.8. The molecular weight excluding hydrogens is 378 g/mol. The van der Waals surface area contributed by atoms with Crippen LogP contribution in [-0.4, -0.2) is 35.7 Å². The molecule has 1 fully saturated rings. The average molecular weight is 408 g/mol. The van der Waals surface area contributed by atoms with Crippen LogP contribution in [0.2, 0.25) is 0 Å². The lowest BCUT2D eigenvalue weighted by atomic mass is 9.97. The number of furan rings is 1. The highest BCUT2D eigenvalue weighted by molar-refractivity contribution is 5.84. The third-order valence-electron chi connectivity index (χ3n) is 5.84. The van der Waals surface area contributed by atoms with Crippen LogP contribution >= 0.6 is 0 Å². The Morgan fingerprint density at radius 1 is 1.13 bits per heavy atom. The molecule has 4 rings (SSSR count).